The van der Waals surface area contributed by atoms with Crippen LogP contribution >= 0.6 is 0 Å². The molecule has 3 N–H and O–H groups in total. The van der Waals surface area contributed by atoms with Gasteiger partial charge in [-0.1, -0.05) is 59.4 Å². The summed E-state index contributed by atoms with van der Waals surface area (Å²) in [7, 11) is 0. The van der Waals surface area contributed by atoms with E-state index in [0.717, 1.165) is 17.5 Å². The fourth-order valence-corrected chi connectivity index (χ4v) is 2.62. The minimum absolute atomic E-state index is 0.0336. The Morgan fingerprint density at radius 2 is 1.65 bits per heavy atom. The fraction of sp³-hybridized carbons (Fsp3) is 0.667. The van der Waals surface area contributed by atoms with E-state index in [1.807, 2.05) is 6.07 Å². The predicted molar refractivity (Wildman–Crippen MR) is 87.2 cm³/mol. The Morgan fingerprint density at radius 1 is 1.00 bits per heavy atom. The van der Waals surface area contributed by atoms with E-state index in [4.69, 9.17) is 5.73 Å². The SMILES string of the molecule is CCCCCCCc1cc(C(C)(C)C)c(O)cc1CN. The second kappa shape index (κ2) is 7.68. The molecule has 2 nitrogen and oxygen atoms in total. The molecule has 0 unspecified atom stereocenters. The first-order valence-electron chi connectivity index (χ1n) is 7.95. The highest BCUT2D eigenvalue weighted by molar-refractivity contribution is 5.45. The molecule has 1 aromatic rings. The van der Waals surface area contributed by atoms with Crippen LogP contribution in [-0.4, -0.2) is 5.11 Å². The van der Waals surface area contributed by atoms with Gasteiger partial charge < -0.3 is 10.8 Å². The number of hydrogen-bond donors (Lipinski definition) is 2. The third-order valence-corrected chi connectivity index (χ3v) is 3.90. The Hall–Kier alpha value is -1.02. The highest BCUT2D eigenvalue weighted by Gasteiger charge is 2.19. The van der Waals surface area contributed by atoms with E-state index in [0.29, 0.717) is 12.3 Å². The standard InChI is InChI=1S/C18H31NO/c1-5-6-7-8-9-10-14-11-16(18(2,3)4)17(20)12-15(14)13-19/h11-12,20H,5-10,13,19H2,1-4H3. The molecule has 0 saturated carbocycles. The van der Waals surface area contributed by atoms with E-state index in [9.17, 15) is 5.11 Å². The van der Waals surface area contributed by atoms with E-state index in [1.165, 1.54) is 37.7 Å². The van der Waals surface area contributed by atoms with Gasteiger partial charge in [-0.05, 0) is 41.0 Å². The lowest BCUT2D eigenvalue weighted by molar-refractivity contribution is 0.445. The molecule has 0 bridgehead atoms. The first-order chi connectivity index (χ1) is 9.40. The van der Waals surface area contributed by atoms with Gasteiger partial charge in [0.05, 0.1) is 0 Å². The number of phenolic OH excluding ortho intramolecular Hbond substituents is 1. The van der Waals surface area contributed by atoms with Crippen molar-refractivity contribution in [1.29, 1.82) is 0 Å². The van der Waals surface area contributed by atoms with Crippen molar-refractivity contribution in [3.63, 3.8) is 0 Å². The van der Waals surface area contributed by atoms with Crippen LogP contribution in [0.4, 0.5) is 0 Å². The summed E-state index contributed by atoms with van der Waals surface area (Å²) in [6.07, 6.45) is 7.48. The van der Waals surface area contributed by atoms with E-state index in [2.05, 4.69) is 33.8 Å². The zero-order valence-corrected chi connectivity index (χ0v) is 13.6. The molecule has 0 radical (unpaired) electrons. The van der Waals surface area contributed by atoms with E-state index < -0.39 is 0 Å². The summed E-state index contributed by atoms with van der Waals surface area (Å²) in [5.41, 5.74) is 9.21. The zero-order chi connectivity index (χ0) is 15.2. The quantitative estimate of drug-likeness (QED) is 0.712. The highest BCUT2D eigenvalue weighted by atomic mass is 16.3. The average Bonchev–Trinajstić information content (AvgIpc) is 2.38. The van der Waals surface area contributed by atoms with Gasteiger partial charge in [0.1, 0.15) is 5.75 Å². The minimum atomic E-state index is -0.0336. The fourth-order valence-electron chi connectivity index (χ4n) is 2.62. The summed E-state index contributed by atoms with van der Waals surface area (Å²) < 4.78 is 0. The van der Waals surface area contributed by atoms with E-state index in [1.54, 1.807) is 0 Å². The molecule has 0 amide bonds. The third-order valence-electron chi connectivity index (χ3n) is 3.90. The summed E-state index contributed by atoms with van der Waals surface area (Å²) in [6, 6.07) is 4.03. The van der Waals surface area contributed by atoms with Gasteiger partial charge in [-0.15, -0.1) is 0 Å². The van der Waals surface area contributed by atoms with Gasteiger partial charge in [0.15, 0.2) is 0 Å². The van der Waals surface area contributed by atoms with Gasteiger partial charge in [0.2, 0.25) is 0 Å². The van der Waals surface area contributed by atoms with Crippen LogP contribution in [-0.2, 0) is 18.4 Å². The van der Waals surface area contributed by atoms with Crippen molar-refractivity contribution in [2.45, 2.75) is 78.2 Å². The maximum Gasteiger partial charge on any atom is 0.119 e. The normalized spacial score (nSPS) is 11.8. The van der Waals surface area contributed by atoms with Gasteiger partial charge in [-0.3, -0.25) is 0 Å². The molecule has 0 aromatic heterocycles. The molecule has 0 aliphatic carbocycles. The Balaban J connectivity index is 2.82. The maximum atomic E-state index is 10.2. The van der Waals surface area contributed by atoms with Crippen molar-refractivity contribution in [1.82, 2.24) is 0 Å². The van der Waals surface area contributed by atoms with Gasteiger partial charge in [0, 0.05) is 6.54 Å². The zero-order valence-electron chi connectivity index (χ0n) is 13.6. The molecule has 1 rings (SSSR count). The van der Waals surface area contributed by atoms with Crippen LogP contribution < -0.4 is 5.73 Å². The number of hydrogen-bond acceptors (Lipinski definition) is 2. The first kappa shape index (κ1) is 17.0. The van der Waals surface area contributed by atoms with Crippen LogP contribution in [0.15, 0.2) is 12.1 Å². The second-order valence-electron chi connectivity index (χ2n) is 6.76. The van der Waals surface area contributed by atoms with Crippen molar-refractivity contribution >= 4 is 0 Å². The van der Waals surface area contributed by atoms with Crippen molar-refractivity contribution in [2.75, 3.05) is 0 Å². The monoisotopic (exact) mass is 277 g/mol. The number of unbranched alkanes of at least 4 members (excludes halogenated alkanes) is 4. The number of phenols is 1. The molecular formula is C18H31NO. The van der Waals surface area contributed by atoms with Gasteiger partial charge in [0.25, 0.3) is 0 Å². The molecular weight excluding hydrogens is 246 g/mol. The molecule has 0 atom stereocenters. The largest absolute Gasteiger partial charge is 0.508 e. The van der Waals surface area contributed by atoms with Crippen LogP contribution in [0.1, 0.15) is 76.5 Å². The molecule has 2 heteroatoms. The summed E-state index contributed by atoms with van der Waals surface area (Å²) >= 11 is 0. The molecule has 0 saturated heterocycles. The number of aryl methyl sites for hydroxylation is 1. The number of benzene rings is 1. The summed E-state index contributed by atoms with van der Waals surface area (Å²) in [4.78, 5) is 0. The predicted octanol–water partition coefficient (Wildman–Crippen LogP) is 4.66. The lowest BCUT2D eigenvalue weighted by atomic mass is 9.83. The molecule has 0 spiro atoms. The third kappa shape index (κ3) is 4.82. The molecule has 0 aliphatic heterocycles. The number of nitrogens with two attached hydrogens (primary N) is 1. The Morgan fingerprint density at radius 3 is 2.20 bits per heavy atom. The number of aromatic hydroxyl groups is 1. The van der Waals surface area contributed by atoms with E-state index >= 15 is 0 Å². The Bertz CT molecular complexity index is 418. The lowest BCUT2D eigenvalue weighted by Gasteiger charge is -2.23. The Labute approximate surface area is 124 Å². The second-order valence-corrected chi connectivity index (χ2v) is 6.76. The van der Waals surface area contributed by atoms with Gasteiger partial charge in [-0.25, -0.2) is 0 Å². The van der Waals surface area contributed by atoms with E-state index in [-0.39, 0.29) is 5.41 Å². The minimum Gasteiger partial charge on any atom is -0.508 e. The lowest BCUT2D eigenvalue weighted by Crippen LogP contribution is -2.13. The van der Waals surface area contributed by atoms with Crippen LogP contribution in [0.2, 0.25) is 0 Å². The average molecular weight is 277 g/mol. The van der Waals surface area contributed by atoms with Crippen molar-refractivity contribution < 1.29 is 5.11 Å². The van der Waals surface area contributed by atoms with Crippen molar-refractivity contribution in [3.8, 4) is 5.75 Å². The summed E-state index contributed by atoms with van der Waals surface area (Å²) in [6.45, 7) is 9.14. The maximum absolute atomic E-state index is 10.2. The molecule has 0 aliphatic rings. The summed E-state index contributed by atoms with van der Waals surface area (Å²) in [5, 5.41) is 10.2. The smallest absolute Gasteiger partial charge is 0.119 e. The molecule has 1 aromatic carbocycles. The topological polar surface area (TPSA) is 46.2 Å². The van der Waals surface area contributed by atoms with Crippen molar-refractivity contribution in [2.24, 2.45) is 5.73 Å². The molecule has 114 valence electrons. The van der Waals surface area contributed by atoms with Crippen LogP contribution in [0.5, 0.6) is 5.75 Å². The molecule has 20 heavy (non-hydrogen) atoms. The Kier molecular flexibility index (Phi) is 6.54. The van der Waals surface area contributed by atoms with Crippen molar-refractivity contribution in [3.05, 3.63) is 28.8 Å². The van der Waals surface area contributed by atoms with Gasteiger partial charge in [-0.2, -0.15) is 0 Å². The number of rotatable bonds is 7. The molecule has 0 heterocycles. The van der Waals surface area contributed by atoms with Crippen LogP contribution in [0.25, 0.3) is 0 Å². The first-order valence-corrected chi connectivity index (χ1v) is 7.95. The van der Waals surface area contributed by atoms with Gasteiger partial charge >= 0.3 is 0 Å². The highest BCUT2D eigenvalue weighted by Crippen LogP contribution is 2.33. The van der Waals surface area contributed by atoms with Crippen LogP contribution in [0, 0.1) is 0 Å². The molecule has 0 fully saturated rings. The summed E-state index contributed by atoms with van der Waals surface area (Å²) in [5.74, 6) is 0.382. The van der Waals surface area contributed by atoms with Crippen LogP contribution in [0.3, 0.4) is 0 Å².